The van der Waals surface area contributed by atoms with Gasteiger partial charge in [-0.25, -0.2) is 0 Å². The molecule has 104 valence electrons. The number of imidazole rings is 1. The van der Waals surface area contributed by atoms with Crippen LogP contribution in [0.3, 0.4) is 0 Å². The molecule has 0 amide bonds. The molecule has 3 heteroatoms. The fourth-order valence-corrected chi connectivity index (χ4v) is 17.9. The topological polar surface area (TPSA) is 28.7 Å². The molecule has 2 nitrogen and oxygen atoms in total. The van der Waals surface area contributed by atoms with Crippen molar-refractivity contribution in [2.75, 3.05) is 0 Å². The van der Waals surface area contributed by atoms with Gasteiger partial charge in [0.05, 0.1) is 0 Å². The Bertz CT molecular complexity index is 274. The monoisotopic (exact) mass is 358 g/mol. The molecule has 0 saturated heterocycles. The maximum absolute atomic E-state index is 4.69. The summed E-state index contributed by atoms with van der Waals surface area (Å²) in [4.78, 5) is 8.17. The minimum atomic E-state index is -2.20. The fraction of sp³-hybridized carbons (Fsp3) is 0.800. The van der Waals surface area contributed by atoms with Gasteiger partial charge in [0.1, 0.15) is 0 Å². The van der Waals surface area contributed by atoms with E-state index in [1.807, 2.05) is 12.4 Å². The number of nitrogens with zero attached hydrogens (tertiary/aromatic N) is 1. The Morgan fingerprint density at radius 2 is 1.44 bits per heavy atom. The summed E-state index contributed by atoms with van der Waals surface area (Å²) in [5.41, 5.74) is 0. The molecule has 0 atom stereocenters. The maximum atomic E-state index is 4.69. The zero-order valence-electron chi connectivity index (χ0n) is 12.5. The summed E-state index contributed by atoms with van der Waals surface area (Å²) < 4.78 is 5.94. The van der Waals surface area contributed by atoms with E-state index in [-0.39, 0.29) is 0 Å². The van der Waals surface area contributed by atoms with Crippen molar-refractivity contribution in [3.05, 3.63) is 12.4 Å². The van der Waals surface area contributed by atoms with Crippen LogP contribution in [0.2, 0.25) is 13.3 Å². The number of aromatic amines is 1. The first-order valence-corrected chi connectivity index (χ1v) is 15.3. The molecule has 0 bridgehead atoms. The zero-order valence-corrected chi connectivity index (χ0v) is 15.3. The predicted molar refractivity (Wildman–Crippen MR) is 83.1 cm³/mol. The van der Waals surface area contributed by atoms with Crippen LogP contribution in [0.15, 0.2) is 12.4 Å². The van der Waals surface area contributed by atoms with Crippen LogP contribution in [-0.2, 0) is 0 Å². The van der Waals surface area contributed by atoms with Gasteiger partial charge in [-0.1, -0.05) is 0 Å². The van der Waals surface area contributed by atoms with Gasteiger partial charge in [0, 0.05) is 0 Å². The Kier molecular flexibility index (Phi) is 8.03. The Labute approximate surface area is 117 Å². The van der Waals surface area contributed by atoms with Crippen LogP contribution in [-0.4, -0.2) is 28.3 Å². The van der Waals surface area contributed by atoms with Gasteiger partial charge in [0.25, 0.3) is 0 Å². The van der Waals surface area contributed by atoms with Crippen LogP contribution in [0.5, 0.6) is 0 Å². The minimum absolute atomic E-state index is 1.33. The first-order valence-electron chi connectivity index (χ1n) is 7.79. The molecule has 1 rings (SSSR count). The molecule has 0 radical (unpaired) electrons. The van der Waals surface area contributed by atoms with E-state index in [1.165, 1.54) is 55.7 Å². The van der Waals surface area contributed by atoms with Crippen molar-refractivity contribution < 1.29 is 0 Å². The summed E-state index contributed by atoms with van der Waals surface area (Å²) >= 11 is -2.20. The van der Waals surface area contributed by atoms with Crippen molar-refractivity contribution in [1.29, 1.82) is 0 Å². The van der Waals surface area contributed by atoms with Crippen LogP contribution < -0.4 is 3.84 Å². The molecule has 1 N–H and O–H groups in total. The van der Waals surface area contributed by atoms with Gasteiger partial charge < -0.3 is 0 Å². The summed E-state index contributed by atoms with van der Waals surface area (Å²) in [6.07, 6.45) is 12.2. The Morgan fingerprint density at radius 3 is 1.78 bits per heavy atom. The third kappa shape index (κ3) is 4.60. The third-order valence-corrected chi connectivity index (χ3v) is 18.9. The molecule has 0 spiro atoms. The molecule has 1 aromatic heterocycles. The summed E-state index contributed by atoms with van der Waals surface area (Å²) in [5, 5.41) is 0. The molecule has 0 unspecified atom stereocenters. The second-order valence-corrected chi connectivity index (χ2v) is 18.5. The second kappa shape index (κ2) is 9.00. The van der Waals surface area contributed by atoms with Gasteiger partial charge in [-0.2, -0.15) is 0 Å². The number of H-pyrrole nitrogens is 1. The van der Waals surface area contributed by atoms with Crippen molar-refractivity contribution in [3.8, 4) is 0 Å². The van der Waals surface area contributed by atoms with Gasteiger partial charge in [-0.05, 0) is 0 Å². The molecule has 0 aliphatic heterocycles. The first kappa shape index (κ1) is 16.1. The molecule has 1 heterocycles. The van der Waals surface area contributed by atoms with E-state index in [0.29, 0.717) is 0 Å². The van der Waals surface area contributed by atoms with Crippen molar-refractivity contribution >= 4 is 22.2 Å². The molecule has 18 heavy (non-hydrogen) atoms. The normalized spacial score (nSPS) is 11.9. The van der Waals surface area contributed by atoms with Crippen LogP contribution in [0.4, 0.5) is 0 Å². The molecule has 0 aromatic carbocycles. The van der Waals surface area contributed by atoms with Crippen molar-refractivity contribution in [2.45, 2.75) is 72.6 Å². The van der Waals surface area contributed by atoms with Gasteiger partial charge in [-0.15, -0.1) is 0 Å². The molecule has 0 aliphatic carbocycles. The number of rotatable bonds is 10. The quantitative estimate of drug-likeness (QED) is 0.615. The van der Waals surface area contributed by atoms with Crippen molar-refractivity contribution in [1.82, 2.24) is 9.97 Å². The number of hydrogen-bond acceptors (Lipinski definition) is 1. The van der Waals surface area contributed by atoms with E-state index >= 15 is 0 Å². The fourth-order valence-electron chi connectivity index (χ4n) is 2.83. The van der Waals surface area contributed by atoms with Crippen LogP contribution in [0.1, 0.15) is 59.3 Å². The van der Waals surface area contributed by atoms with Crippen LogP contribution in [0.25, 0.3) is 0 Å². The van der Waals surface area contributed by atoms with Crippen molar-refractivity contribution in [2.24, 2.45) is 0 Å². The average Bonchev–Trinajstić information content (AvgIpc) is 2.93. The standard InChI is InChI=1S/3C4H9.C3H3N2.Sn/c3*1-3-4-2;1-2-5-3-4-1;/h3*1,3-4H2,2H3;1-2H,(H,4,5);. The Morgan fingerprint density at radius 1 is 0.944 bits per heavy atom. The van der Waals surface area contributed by atoms with Crippen LogP contribution >= 0.6 is 0 Å². The van der Waals surface area contributed by atoms with Crippen LogP contribution in [0, 0.1) is 0 Å². The summed E-state index contributed by atoms with van der Waals surface area (Å²) in [5.74, 6) is 0. The van der Waals surface area contributed by atoms with E-state index < -0.39 is 18.4 Å². The molecule has 0 fully saturated rings. The van der Waals surface area contributed by atoms with E-state index in [9.17, 15) is 0 Å². The summed E-state index contributed by atoms with van der Waals surface area (Å²) in [6.45, 7) is 6.95. The number of unbranched alkanes of at least 4 members (excludes halogenated alkanes) is 3. The first-order chi connectivity index (χ1) is 8.79. The van der Waals surface area contributed by atoms with Gasteiger partial charge >= 0.3 is 117 Å². The molecule has 1 aromatic rings. The molecule has 0 saturated carbocycles. The number of hydrogen-bond donors (Lipinski definition) is 1. The van der Waals surface area contributed by atoms with Gasteiger partial charge in [-0.3, -0.25) is 0 Å². The molecule has 0 aliphatic rings. The molecular weight excluding hydrogens is 327 g/mol. The third-order valence-electron chi connectivity index (χ3n) is 4.03. The number of nitrogens with one attached hydrogen (secondary N) is 1. The second-order valence-electron chi connectivity index (χ2n) is 5.53. The van der Waals surface area contributed by atoms with Crippen molar-refractivity contribution in [3.63, 3.8) is 0 Å². The SMILES string of the molecule is CCC[CH2][Sn]([CH2]CCC)([CH2]CCC)[c]1ncc[nH]1. The Hall–Kier alpha value is 0.00870. The van der Waals surface area contributed by atoms with Gasteiger partial charge in [0.15, 0.2) is 0 Å². The molecular formula is C15H30N2Sn. The zero-order chi connectivity index (χ0) is 13.3. The summed E-state index contributed by atoms with van der Waals surface area (Å²) in [7, 11) is 0. The van der Waals surface area contributed by atoms with Gasteiger partial charge in [0.2, 0.25) is 0 Å². The van der Waals surface area contributed by atoms with E-state index in [4.69, 9.17) is 0 Å². The predicted octanol–water partition coefficient (Wildman–Crippen LogP) is 4.47. The Balaban J connectivity index is 2.84. The average molecular weight is 357 g/mol. The number of aromatic nitrogens is 2. The summed E-state index contributed by atoms with van der Waals surface area (Å²) in [6, 6.07) is 0. The van der Waals surface area contributed by atoms with E-state index in [0.717, 1.165) is 0 Å². The van der Waals surface area contributed by atoms with E-state index in [1.54, 1.807) is 0 Å². The van der Waals surface area contributed by atoms with E-state index in [2.05, 4.69) is 30.7 Å².